The maximum atomic E-state index is 12.9. The lowest BCUT2D eigenvalue weighted by Crippen LogP contribution is -2.20. The third-order valence-electron chi connectivity index (χ3n) is 4.39. The lowest BCUT2D eigenvalue weighted by molar-refractivity contribution is -0.118. The molecule has 9 heteroatoms. The summed E-state index contributed by atoms with van der Waals surface area (Å²) in [6, 6.07) is 14.3. The van der Waals surface area contributed by atoms with E-state index in [1.807, 2.05) is 0 Å². The van der Waals surface area contributed by atoms with E-state index in [4.69, 9.17) is 14.2 Å². The molecule has 0 aliphatic rings. The number of amides is 1. The monoisotopic (exact) mass is 455 g/mol. The number of halogens is 2. The predicted octanol–water partition coefficient (Wildman–Crippen LogP) is 4.03. The third kappa shape index (κ3) is 6.60. The zero-order valence-corrected chi connectivity index (χ0v) is 17.5. The molecule has 3 aromatic rings. The van der Waals surface area contributed by atoms with E-state index in [1.54, 1.807) is 0 Å². The predicted molar refractivity (Wildman–Crippen MR) is 115 cm³/mol. The lowest BCUT2D eigenvalue weighted by atomic mass is 10.1. The van der Waals surface area contributed by atoms with Crippen molar-refractivity contribution < 1.29 is 37.4 Å². The Hall–Kier alpha value is -4.27. The molecule has 1 amide bonds. The SMILES string of the molecule is COc1cc(C(=O)OCC(=O)c2ccc(F)cc2)ccc1OCC(=O)Nc1ccc(F)cc1. The third-order valence-corrected chi connectivity index (χ3v) is 4.39. The number of methoxy groups -OCH3 is 1. The van der Waals surface area contributed by atoms with Gasteiger partial charge in [0.1, 0.15) is 11.6 Å². The van der Waals surface area contributed by atoms with E-state index in [1.165, 1.54) is 61.7 Å². The number of hydrogen-bond acceptors (Lipinski definition) is 6. The molecule has 0 radical (unpaired) electrons. The van der Waals surface area contributed by atoms with Crippen LogP contribution in [0.2, 0.25) is 0 Å². The zero-order valence-electron chi connectivity index (χ0n) is 17.5. The van der Waals surface area contributed by atoms with Crippen molar-refractivity contribution in [1.29, 1.82) is 0 Å². The Morgan fingerprint density at radius 3 is 2.03 bits per heavy atom. The Balaban J connectivity index is 1.56. The Morgan fingerprint density at radius 2 is 1.39 bits per heavy atom. The highest BCUT2D eigenvalue weighted by molar-refractivity contribution is 5.99. The first kappa shape index (κ1) is 23.4. The van der Waals surface area contributed by atoms with Crippen LogP contribution in [0, 0.1) is 11.6 Å². The number of esters is 1. The largest absolute Gasteiger partial charge is 0.493 e. The standard InChI is InChI=1S/C24H19F2NO6/c1-31-22-12-16(24(30)33-13-20(28)15-2-5-17(25)6-3-15)4-11-21(22)32-14-23(29)27-19-9-7-18(26)8-10-19/h2-12H,13-14H2,1H3,(H,27,29). The molecule has 1 N–H and O–H groups in total. The summed E-state index contributed by atoms with van der Waals surface area (Å²) in [4.78, 5) is 36.4. The summed E-state index contributed by atoms with van der Waals surface area (Å²) in [7, 11) is 1.36. The molecule has 0 aliphatic carbocycles. The van der Waals surface area contributed by atoms with E-state index in [-0.39, 0.29) is 29.2 Å². The molecule has 7 nitrogen and oxygen atoms in total. The van der Waals surface area contributed by atoms with E-state index in [9.17, 15) is 23.2 Å². The number of anilines is 1. The first-order valence-corrected chi connectivity index (χ1v) is 9.68. The van der Waals surface area contributed by atoms with Gasteiger partial charge in [0.15, 0.2) is 30.5 Å². The van der Waals surface area contributed by atoms with Crippen LogP contribution in [-0.4, -0.2) is 38.0 Å². The first-order valence-electron chi connectivity index (χ1n) is 9.68. The molecule has 0 saturated heterocycles. The molecule has 0 bridgehead atoms. The maximum absolute atomic E-state index is 12.9. The summed E-state index contributed by atoms with van der Waals surface area (Å²) in [5.74, 6) is -2.27. The summed E-state index contributed by atoms with van der Waals surface area (Å²) >= 11 is 0. The summed E-state index contributed by atoms with van der Waals surface area (Å²) < 4.78 is 41.5. The van der Waals surface area contributed by atoms with Gasteiger partial charge in [0, 0.05) is 11.3 Å². The molecule has 0 unspecified atom stereocenters. The van der Waals surface area contributed by atoms with Crippen molar-refractivity contribution in [2.75, 3.05) is 25.6 Å². The number of hydrogen-bond donors (Lipinski definition) is 1. The summed E-state index contributed by atoms with van der Waals surface area (Å²) in [6.07, 6.45) is 0. The lowest BCUT2D eigenvalue weighted by Gasteiger charge is -2.12. The fourth-order valence-electron chi connectivity index (χ4n) is 2.72. The van der Waals surface area contributed by atoms with Gasteiger partial charge in [0.05, 0.1) is 12.7 Å². The van der Waals surface area contributed by atoms with Crippen molar-refractivity contribution in [3.8, 4) is 11.5 Å². The minimum Gasteiger partial charge on any atom is -0.493 e. The number of nitrogens with one attached hydrogen (secondary N) is 1. The summed E-state index contributed by atoms with van der Waals surface area (Å²) in [5, 5.41) is 2.55. The smallest absolute Gasteiger partial charge is 0.338 e. The summed E-state index contributed by atoms with van der Waals surface area (Å²) in [6.45, 7) is -0.877. The van der Waals surface area contributed by atoms with Crippen molar-refractivity contribution >= 4 is 23.3 Å². The van der Waals surface area contributed by atoms with Crippen molar-refractivity contribution in [3.05, 3.63) is 89.5 Å². The van der Waals surface area contributed by atoms with E-state index in [2.05, 4.69) is 5.32 Å². The number of benzene rings is 3. The molecule has 0 aromatic heterocycles. The van der Waals surface area contributed by atoms with Crippen LogP contribution in [0.4, 0.5) is 14.5 Å². The van der Waals surface area contributed by atoms with Gasteiger partial charge in [-0.15, -0.1) is 0 Å². The second kappa shape index (κ2) is 10.9. The van der Waals surface area contributed by atoms with Crippen LogP contribution >= 0.6 is 0 Å². The van der Waals surface area contributed by atoms with E-state index < -0.39 is 35.9 Å². The molecule has 0 aliphatic heterocycles. The maximum Gasteiger partial charge on any atom is 0.338 e. The molecule has 3 aromatic carbocycles. The van der Waals surface area contributed by atoms with Gasteiger partial charge in [-0.05, 0) is 66.7 Å². The minimum atomic E-state index is -0.774. The molecule has 170 valence electrons. The quantitative estimate of drug-likeness (QED) is 0.387. The van der Waals surface area contributed by atoms with Crippen molar-refractivity contribution in [1.82, 2.24) is 0 Å². The number of carbonyl (C=O) groups is 3. The van der Waals surface area contributed by atoms with Gasteiger partial charge in [-0.1, -0.05) is 0 Å². The van der Waals surface area contributed by atoms with Crippen LogP contribution in [0.15, 0.2) is 66.7 Å². The second-order valence-corrected chi connectivity index (χ2v) is 6.72. The molecule has 3 rings (SSSR count). The molecular formula is C24H19F2NO6. The first-order chi connectivity index (χ1) is 15.9. The van der Waals surface area contributed by atoms with Gasteiger partial charge >= 0.3 is 5.97 Å². The number of ketones is 1. The van der Waals surface area contributed by atoms with E-state index in [0.717, 1.165) is 12.1 Å². The van der Waals surface area contributed by atoms with E-state index in [0.29, 0.717) is 5.69 Å². The van der Waals surface area contributed by atoms with Crippen LogP contribution < -0.4 is 14.8 Å². The number of ether oxygens (including phenoxy) is 3. The average Bonchev–Trinajstić information content (AvgIpc) is 2.82. The number of Topliss-reactive ketones (excluding diaryl/α,β-unsaturated/α-hetero) is 1. The van der Waals surface area contributed by atoms with Crippen LogP contribution in [0.25, 0.3) is 0 Å². The fourth-order valence-corrected chi connectivity index (χ4v) is 2.72. The van der Waals surface area contributed by atoms with Gasteiger partial charge < -0.3 is 19.5 Å². The summed E-state index contributed by atoms with van der Waals surface area (Å²) in [5.41, 5.74) is 0.719. The van der Waals surface area contributed by atoms with Gasteiger partial charge in [0.2, 0.25) is 0 Å². The molecule has 0 heterocycles. The van der Waals surface area contributed by atoms with Crippen molar-refractivity contribution in [3.63, 3.8) is 0 Å². The van der Waals surface area contributed by atoms with Gasteiger partial charge in [-0.25, -0.2) is 13.6 Å². The molecule has 0 fully saturated rings. The highest BCUT2D eigenvalue weighted by atomic mass is 19.1. The average molecular weight is 455 g/mol. The Morgan fingerprint density at radius 1 is 0.788 bits per heavy atom. The van der Waals surface area contributed by atoms with Crippen LogP contribution in [-0.2, 0) is 9.53 Å². The van der Waals surface area contributed by atoms with Crippen LogP contribution in [0.3, 0.4) is 0 Å². The van der Waals surface area contributed by atoms with Crippen molar-refractivity contribution in [2.45, 2.75) is 0 Å². The van der Waals surface area contributed by atoms with Gasteiger partial charge in [0.25, 0.3) is 5.91 Å². The highest BCUT2D eigenvalue weighted by Crippen LogP contribution is 2.28. The van der Waals surface area contributed by atoms with Crippen LogP contribution in [0.1, 0.15) is 20.7 Å². The highest BCUT2D eigenvalue weighted by Gasteiger charge is 2.16. The Kier molecular flexibility index (Phi) is 7.69. The molecule has 0 atom stereocenters. The van der Waals surface area contributed by atoms with E-state index >= 15 is 0 Å². The molecule has 33 heavy (non-hydrogen) atoms. The molecular weight excluding hydrogens is 436 g/mol. The topological polar surface area (TPSA) is 90.9 Å². The van der Waals surface area contributed by atoms with Crippen LogP contribution in [0.5, 0.6) is 11.5 Å². The van der Waals surface area contributed by atoms with Gasteiger partial charge in [-0.2, -0.15) is 0 Å². The number of rotatable bonds is 9. The van der Waals surface area contributed by atoms with Crippen molar-refractivity contribution in [2.24, 2.45) is 0 Å². The fraction of sp³-hybridized carbons (Fsp3) is 0.125. The normalized spacial score (nSPS) is 10.3. The zero-order chi connectivity index (χ0) is 23.8. The molecule has 0 spiro atoms. The Bertz CT molecular complexity index is 1150. The molecule has 0 saturated carbocycles. The number of carbonyl (C=O) groups excluding carboxylic acids is 3. The Labute approximate surface area is 187 Å². The van der Waals surface area contributed by atoms with Gasteiger partial charge in [-0.3, -0.25) is 9.59 Å². The second-order valence-electron chi connectivity index (χ2n) is 6.72. The minimum absolute atomic E-state index is 0.0990.